The zero-order chi connectivity index (χ0) is 19.0. The Morgan fingerprint density at radius 3 is 2.58 bits per heavy atom. The molecule has 0 radical (unpaired) electrons. The van der Waals surface area contributed by atoms with Gasteiger partial charge >= 0.3 is 36.8 Å². The molecule has 1 atom stereocenters. The Balaban J connectivity index is 1.74. The summed E-state index contributed by atoms with van der Waals surface area (Å²) >= 11 is -0.652. The first kappa shape index (κ1) is 21.3. The van der Waals surface area contributed by atoms with Gasteiger partial charge in [0.05, 0.1) is 6.61 Å². The number of halogens is 4. The molecule has 0 saturated carbocycles. The highest BCUT2D eigenvalue weighted by atomic mass is 127. The van der Waals surface area contributed by atoms with Crippen LogP contribution in [0.4, 0.5) is 13.2 Å². The fourth-order valence-corrected chi connectivity index (χ4v) is 3.90. The van der Waals surface area contributed by atoms with Crippen molar-refractivity contribution in [3.05, 3.63) is 27.8 Å². The fourth-order valence-electron chi connectivity index (χ4n) is 1.95. The lowest BCUT2D eigenvalue weighted by Gasteiger charge is -2.22. The summed E-state index contributed by atoms with van der Waals surface area (Å²) in [5, 5.41) is 0. The van der Waals surface area contributed by atoms with Gasteiger partial charge in [-0.25, -0.2) is 0 Å². The topological polar surface area (TPSA) is 61.8 Å². The molecule has 0 spiro atoms. The van der Waals surface area contributed by atoms with Crippen LogP contribution in [-0.2, 0) is 19.6 Å². The van der Waals surface area contributed by atoms with Gasteiger partial charge in [0.1, 0.15) is 5.75 Å². The lowest BCUT2D eigenvalue weighted by molar-refractivity contribution is -0.535. The number of alkyl halides is 3. The van der Waals surface area contributed by atoms with Gasteiger partial charge in [-0.15, -0.1) is 0 Å². The molecule has 1 heterocycles. The Hall–Kier alpha value is -1.03. The molecule has 1 fully saturated rings. The smallest absolute Gasteiger partial charge is 0.376 e. The van der Waals surface area contributed by atoms with E-state index in [0.29, 0.717) is 13.0 Å². The third kappa shape index (κ3) is 6.94. The quantitative estimate of drug-likeness (QED) is 0.180. The van der Waals surface area contributed by atoms with Crippen LogP contribution in [0.25, 0.3) is 0 Å². The van der Waals surface area contributed by atoms with E-state index in [2.05, 4.69) is 14.0 Å². The van der Waals surface area contributed by atoms with Crippen molar-refractivity contribution in [3.8, 4) is 15.6 Å². The van der Waals surface area contributed by atoms with Crippen LogP contribution in [0.2, 0.25) is 0 Å². The third-order valence-corrected chi connectivity index (χ3v) is 6.17. The summed E-state index contributed by atoms with van der Waals surface area (Å²) in [5.41, 5.74) is -5.45. The van der Waals surface area contributed by atoms with Gasteiger partial charge in [-0.2, -0.15) is 21.6 Å². The van der Waals surface area contributed by atoms with Gasteiger partial charge in [-0.05, 0) is 49.4 Å². The summed E-state index contributed by atoms with van der Waals surface area (Å²) in [6, 6.07) is 5.39. The van der Waals surface area contributed by atoms with E-state index < -0.39 is 36.8 Å². The maximum absolute atomic E-state index is 12.2. The summed E-state index contributed by atoms with van der Waals surface area (Å²) in [4.78, 5) is 0. The summed E-state index contributed by atoms with van der Waals surface area (Å²) in [6.45, 7) is 1.22. The number of ether oxygens (including phenoxy) is 2. The number of hydrogen-bond donors (Lipinski definition) is 0. The van der Waals surface area contributed by atoms with Crippen molar-refractivity contribution in [2.24, 2.45) is 0 Å². The Kier molecular flexibility index (Phi) is 8.00. The van der Waals surface area contributed by atoms with Crippen molar-refractivity contribution in [3.63, 3.8) is 0 Å². The lowest BCUT2D eigenvalue weighted by atomic mass is 10.2. The van der Waals surface area contributed by atoms with E-state index in [9.17, 15) is 21.6 Å². The van der Waals surface area contributed by atoms with Crippen molar-refractivity contribution < 1.29 is 56.5 Å². The van der Waals surface area contributed by atoms with Crippen LogP contribution in [0.3, 0.4) is 0 Å². The van der Waals surface area contributed by atoms with Gasteiger partial charge in [-0.3, -0.25) is 0 Å². The number of benzene rings is 1. The average molecular weight is 505 g/mol. The maximum atomic E-state index is 12.2. The van der Waals surface area contributed by atoms with Gasteiger partial charge in [-0.1, -0.05) is 0 Å². The zero-order valence-electron chi connectivity index (χ0n) is 13.6. The predicted octanol–water partition coefficient (Wildman–Crippen LogP) is 0.0678. The Bertz CT molecular complexity index is 732. The molecule has 0 aliphatic carbocycles. The van der Waals surface area contributed by atoms with Gasteiger partial charge in [0.15, 0.2) is 10.2 Å². The first-order valence-electron chi connectivity index (χ1n) is 7.74. The highest BCUT2D eigenvalue weighted by Gasteiger charge is 2.48. The average Bonchev–Trinajstić information content (AvgIpc) is 2.59. The molecule has 0 N–H and O–H groups in total. The van der Waals surface area contributed by atoms with Crippen molar-refractivity contribution in [1.29, 1.82) is 0 Å². The zero-order valence-corrected chi connectivity index (χ0v) is 16.6. The van der Waals surface area contributed by atoms with Crippen molar-refractivity contribution in [1.82, 2.24) is 0 Å². The molecule has 1 aliphatic heterocycles. The molecule has 10 heteroatoms. The van der Waals surface area contributed by atoms with E-state index in [-0.39, 0.29) is 12.0 Å². The van der Waals surface area contributed by atoms with Crippen LogP contribution < -0.4 is 25.4 Å². The minimum atomic E-state index is -5.64. The molecule has 1 aromatic carbocycles. The largest absolute Gasteiger partial charge is 0.534 e. The minimum Gasteiger partial charge on any atom is -0.376 e. The molecule has 5 nitrogen and oxygen atoms in total. The Morgan fingerprint density at radius 1 is 1.23 bits per heavy atom. The summed E-state index contributed by atoms with van der Waals surface area (Å²) < 4.78 is 77.4. The Morgan fingerprint density at radius 2 is 1.96 bits per heavy atom. The highest BCUT2D eigenvalue weighted by molar-refractivity contribution is 7.87. The summed E-state index contributed by atoms with van der Waals surface area (Å²) in [7, 11) is -5.64. The van der Waals surface area contributed by atoms with E-state index in [1.165, 1.54) is 24.3 Å². The van der Waals surface area contributed by atoms with Crippen LogP contribution in [0.15, 0.2) is 24.3 Å². The van der Waals surface area contributed by atoms with Crippen LogP contribution >= 0.6 is 0 Å². The van der Waals surface area contributed by atoms with Crippen molar-refractivity contribution in [2.45, 2.75) is 37.5 Å². The molecule has 2 rings (SSSR count). The third-order valence-electron chi connectivity index (χ3n) is 3.19. The van der Waals surface area contributed by atoms with Crippen LogP contribution in [0, 0.1) is 13.4 Å². The molecule has 1 unspecified atom stereocenters. The molecular weight excluding hydrogens is 488 g/mol. The van der Waals surface area contributed by atoms with Crippen LogP contribution in [-0.4, -0.2) is 33.4 Å². The van der Waals surface area contributed by atoms with Gasteiger partial charge in [0.2, 0.25) is 3.57 Å². The molecule has 144 valence electrons. The first-order valence-corrected chi connectivity index (χ1v) is 11.3. The molecule has 0 bridgehead atoms. The van der Waals surface area contributed by atoms with Crippen LogP contribution in [0.1, 0.15) is 25.7 Å². The second-order valence-electron chi connectivity index (χ2n) is 5.22. The second-order valence-corrected chi connectivity index (χ2v) is 9.08. The van der Waals surface area contributed by atoms with E-state index in [1.54, 1.807) is 0 Å². The van der Waals surface area contributed by atoms with Gasteiger partial charge < -0.3 is 13.7 Å². The van der Waals surface area contributed by atoms with Gasteiger partial charge in [0, 0.05) is 13.0 Å². The molecule has 1 aliphatic rings. The van der Waals surface area contributed by atoms with Crippen molar-refractivity contribution in [2.75, 3.05) is 13.2 Å². The number of rotatable bonds is 6. The number of hydrogen-bond acceptors (Lipinski definition) is 5. The molecule has 0 amide bonds. The molecule has 26 heavy (non-hydrogen) atoms. The van der Waals surface area contributed by atoms with E-state index in [1.807, 2.05) is 0 Å². The fraction of sp³-hybridized carbons (Fsp3) is 0.500. The van der Waals surface area contributed by atoms with Crippen molar-refractivity contribution >= 4 is 10.1 Å². The van der Waals surface area contributed by atoms with Gasteiger partial charge in [0.25, 0.3) is 0 Å². The van der Waals surface area contributed by atoms with E-state index >= 15 is 0 Å². The predicted molar refractivity (Wildman–Crippen MR) is 82.7 cm³/mol. The molecule has 1 saturated heterocycles. The standard InChI is InChI=1S/C16H17F3IO5S/c17-16(18,19)26(21,22)25-14-8-6-13(7-9-14)20-10-2-4-12-24-15-5-1-3-11-23-15/h6-9,15H,1,3-5,11-12H2/q+1. The normalized spacial score (nSPS) is 18.0. The summed E-state index contributed by atoms with van der Waals surface area (Å²) in [5.74, 6) is 2.60. The monoisotopic (exact) mass is 505 g/mol. The highest BCUT2D eigenvalue weighted by Crippen LogP contribution is 2.26. The minimum absolute atomic E-state index is 0.138. The van der Waals surface area contributed by atoms with E-state index in [4.69, 9.17) is 9.47 Å². The summed E-state index contributed by atoms with van der Waals surface area (Å²) in [6.07, 6.45) is 3.51. The molecule has 1 aromatic rings. The van der Waals surface area contributed by atoms with Crippen LogP contribution in [0.5, 0.6) is 5.75 Å². The molecule has 0 aromatic heterocycles. The second kappa shape index (κ2) is 9.77. The molecular formula is C16H17F3IO5S+. The Labute approximate surface area is 160 Å². The lowest BCUT2D eigenvalue weighted by Crippen LogP contribution is -3.59. The SMILES string of the molecule is O=S(=O)(Oc1ccc([I+]C#CCCOC2CCCCO2)cc1)C(F)(F)F. The maximum Gasteiger partial charge on any atom is 0.534 e. The first-order chi connectivity index (χ1) is 12.3. The van der Waals surface area contributed by atoms with E-state index in [0.717, 1.165) is 29.4 Å².